The Balaban J connectivity index is 2.04. The van der Waals surface area contributed by atoms with Gasteiger partial charge in [0.2, 0.25) is 0 Å². The minimum atomic E-state index is -1.48. The van der Waals surface area contributed by atoms with E-state index in [-0.39, 0.29) is 16.9 Å². The zero-order valence-electron chi connectivity index (χ0n) is 13.2. The number of nitrogens with one attached hydrogen (secondary N) is 1. The first-order valence-corrected chi connectivity index (χ1v) is 7.56. The molecule has 2 heterocycles. The number of nitro benzene ring substituents is 1. The molecular weight excluding hydrogens is 350 g/mol. The molecule has 2 aromatic rings. The average Bonchev–Trinajstić information content (AvgIpc) is 2.90. The van der Waals surface area contributed by atoms with Crippen LogP contribution >= 0.6 is 0 Å². The smallest absolute Gasteiger partial charge is 0.332 e. The van der Waals surface area contributed by atoms with Crippen molar-refractivity contribution in [1.29, 1.82) is 0 Å². The molecule has 1 aromatic heterocycles. The molecule has 138 valence electrons. The second-order valence-electron chi connectivity index (χ2n) is 5.75. The van der Waals surface area contributed by atoms with Crippen molar-refractivity contribution in [3.8, 4) is 5.69 Å². The van der Waals surface area contributed by atoms with E-state index in [4.69, 9.17) is 9.84 Å². The van der Waals surface area contributed by atoms with Gasteiger partial charge in [-0.25, -0.2) is 4.79 Å². The molecule has 4 atom stereocenters. The zero-order valence-corrected chi connectivity index (χ0v) is 13.2. The number of hydrogen-bond donors (Lipinski definition) is 4. The number of non-ortho nitro benzene ring substituents is 1. The number of aliphatic hydroxyl groups is 3. The number of benzene rings is 1. The first-order valence-electron chi connectivity index (χ1n) is 7.56. The quantitative estimate of drug-likeness (QED) is 0.378. The predicted molar refractivity (Wildman–Crippen MR) is 86.0 cm³/mol. The minimum Gasteiger partial charge on any atom is -0.394 e. The monoisotopic (exact) mass is 365 g/mol. The van der Waals surface area contributed by atoms with E-state index in [0.29, 0.717) is 0 Å². The van der Waals surface area contributed by atoms with Crippen molar-refractivity contribution in [1.82, 2.24) is 9.55 Å². The fraction of sp³-hybridized carbons (Fsp3) is 0.333. The van der Waals surface area contributed by atoms with Gasteiger partial charge in [0.05, 0.1) is 22.8 Å². The Hall–Kier alpha value is -2.86. The molecule has 1 fully saturated rings. The Morgan fingerprint density at radius 3 is 2.38 bits per heavy atom. The number of aromatic nitrogens is 2. The van der Waals surface area contributed by atoms with Gasteiger partial charge >= 0.3 is 5.69 Å². The maximum absolute atomic E-state index is 12.1. The van der Waals surface area contributed by atoms with Gasteiger partial charge in [0, 0.05) is 18.3 Å². The van der Waals surface area contributed by atoms with Crippen LogP contribution in [0.25, 0.3) is 5.69 Å². The summed E-state index contributed by atoms with van der Waals surface area (Å²) in [4.78, 5) is 36.4. The Bertz CT molecular complexity index is 935. The van der Waals surface area contributed by atoms with E-state index in [1.54, 1.807) is 0 Å². The number of ether oxygens (including phenoxy) is 1. The number of rotatable bonds is 4. The lowest BCUT2D eigenvalue weighted by Gasteiger charge is -2.15. The lowest BCUT2D eigenvalue weighted by Crippen LogP contribution is -2.35. The summed E-state index contributed by atoms with van der Waals surface area (Å²) in [6.07, 6.45) is -4.08. The highest BCUT2D eigenvalue weighted by Crippen LogP contribution is 2.31. The molecule has 1 aliphatic rings. The third-order valence-corrected chi connectivity index (χ3v) is 4.16. The lowest BCUT2D eigenvalue weighted by molar-refractivity contribution is -0.384. The Morgan fingerprint density at radius 2 is 1.85 bits per heavy atom. The number of aromatic amines is 1. The van der Waals surface area contributed by atoms with E-state index in [2.05, 4.69) is 4.98 Å². The molecule has 0 spiro atoms. The Labute approximate surface area is 144 Å². The van der Waals surface area contributed by atoms with Gasteiger partial charge in [0.1, 0.15) is 24.4 Å². The maximum atomic E-state index is 12.1. The lowest BCUT2D eigenvalue weighted by atomic mass is 10.0. The van der Waals surface area contributed by atoms with Crippen molar-refractivity contribution in [2.24, 2.45) is 0 Å². The van der Waals surface area contributed by atoms with E-state index in [0.717, 1.165) is 10.8 Å². The highest BCUT2D eigenvalue weighted by atomic mass is 16.6. The van der Waals surface area contributed by atoms with E-state index in [9.17, 15) is 29.9 Å². The van der Waals surface area contributed by atoms with E-state index in [1.807, 2.05) is 0 Å². The van der Waals surface area contributed by atoms with Crippen LogP contribution in [0.3, 0.4) is 0 Å². The van der Waals surface area contributed by atoms with Crippen LogP contribution < -0.4 is 11.2 Å². The van der Waals surface area contributed by atoms with Crippen molar-refractivity contribution >= 4 is 5.69 Å². The van der Waals surface area contributed by atoms with Crippen molar-refractivity contribution in [2.45, 2.75) is 24.4 Å². The van der Waals surface area contributed by atoms with Crippen LogP contribution in [0.1, 0.15) is 11.7 Å². The molecule has 0 bridgehead atoms. The third-order valence-electron chi connectivity index (χ3n) is 4.16. The van der Waals surface area contributed by atoms with Gasteiger partial charge < -0.3 is 20.1 Å². The number of nitrogens with zero attached hydrogens (tertiary/aromatic N) is 2. The van der Waals surface area contributed by atoms with Gasteiger partial charge in [0.15, 0.2) is 0 Å². The molecule has 11 heteroatoms. The summed E-state index contributed by atoms with van der Waals surface area (Å²) in [5.74, 6) is 0. The summed E-state index contributed by atoms with van der Waals surface area (Å²) in [6, 6.07) is 5.02. The predicted octanol–water partition coefficient (Wildman–Crippen LogP) is -1.41. The van der Waals surface area contributed by atoms with E-state index in [1.165, 1.54) is 24.3 Å². The third kappa shape index (κ3) is 3.04. The molecule has 0 radical (unpaired) electrons. The number of hydrogen-bond acceptors (Lipinski definition) is 8. The maximum Gasteiger partial charge on any atom is 0.332 e. The molecule has 26 heavy (non-hydrogen) atoms. The summed E-state index contributed by atoms with van der Waals surface area (Å²) in [6.45, 7) is -0.561. The normalized spacial score (nSPS) is 25.3. The van der Waals surface area contributed by atoms with E-state index < -0.39 is 47.2 Å². The SMILES string of the molecule is O=c1[nH]c(=O)n(-c2ccc([N+](=O)[O-])cc2)cc1[C@@H]1O[C@H](CO)[C@@H](O)[C@H]1O. The summed E-state index contributed by atoms with van der Waals surface area (Å²) in [7, 11) is 0. The van der Waals surface area contributed by atoms with Gasteiger partial charge in [-0.05, 0) is 12.1 Å². The first kappa shape index (κ1) is 17.9. The van der Waals surface area contributed by atoms with Crippen LogP contribution in [-0.4, -0.2) is 54.7 Å². The minimum absolute atomic E-state index is 0.134. The Morgan fingerprint density at radius 1 is 1.19 bits per heavy atom. The standard InChI is InChI=1S/C15H15N3O8/c19-6-10-11(20)12(21)13(26-10)9-5-17(15(23)16-14(9)22)7-1-3-8(4-2-7)18(24)25/h1-5,10-13,19-21H,6H2,(H,16,22,23)/t10-,11-,12-,13+/m1/s1. The van der Waals surface area contributed by atoms with Crippen LogP contribution in [0.4, 0.5) is 5.69 Å². The summed E-state index contributed by atoms with van der Waals surface area (Å²) in [5, 5.41) is 39.7. The van der Waals surface area contributed by atoms with Crippen LogP contribution in [0.5, 0.6) is 0 Å². The van der Waals surface area contributed by atoms with Gasteiger partial charge in [-0.1, -0.05) is 0 Å². The highest BCUT2D eigenvalue weighted by molar-refractivity contribution is 5.41. The van der Waals surface area contributed by atoms with Gasteiger partial charge in [-0.15, -0.1) is 0 Å². The molecule has 0 amide bonds. The van der Waals surface area contributed by atoms with Gasteiger partial charge in [-0.3, -0.25) is 24.5 Å². The molecule has 4 N–H and O–H groups in total. The molecule has 11 nitrogen and oxygen atoms in total. The number of aliphatic hydroxyl groups excluding tert-OH is 3. The molecule has 1 saturated heterocycles. The molecule has 1 aliphatic heterocycles. The van der Waals surface area contributed by atoms with Crippen molar-refractivity contribution < 1.29 is 25.0 Å². The fourth-order valence-corrected chi connectivity index (χ4v) is 2.77. The average molecular weight is 365 g/mol. The summed E-state index contributed by atoms with van der Waals surface area (Å²) in [5.41, 5.74) is -1.67. The van der Waals surface area contributed by atoms with Gasteiger partial charge in [0.25, 0.3) is 11.2 Å². The molecule has 0 unspecified atom stereocenters. The highest BCUT2D eigenvalue weighted by Gasteiger charge is 2.44. The van der Waals surface area contributed by atoms with Crippen molar-refractivity contribution in [3.05, 3.63) is 67.0 Å². The van der Waals surface area contributed by atoms with Crippen molar-refractivity contribution in [2.75, 3.05) is 6.61 Å². The van der Waals surface area contributed by atoms with Gasteiger partial charge in [-0.2, -0.15) is 0 Å². The first-order chi connectivity index (χ1) is 12.3. The van der Waals surface area contributed by atoms with Crippen LogP contribution in [-0.2, 0) is 4.74 Å². The molecular formula is C15H15N3O8. The molecule has 3 rings (SSSR count). The molecule has 0 aliphatic carbocycles. The molecule has 0 saturated carbocycles. The van der Waals surface area contributed by atoms with E-state index >= 15 is 0 Å². The zero-order chi connectivity index (χ0) is 19.0. The number of nitro groups is 1. The van der Waals surface area contributed by atoms with Crippen LogP contribution in [0.15, 0.2) is 40.1 Å². The van der Waals surface area contributed by atoms with Crippen molar-refractivity contribution in [3.63, 3.8) is 0 Å². The summed E-state index contributed by atoms with van der Waals surface area (Å²) < 4.78 is 6.33. The second-order valence-corrected chi connectivity index (χ2v) is 5.75. The Kier molecular flexibility index (Phi) is 4.70. The topological polar surface area (TPSA) is 168 Å². The van der Waals surface area contributed by atoms with Crippen LogP contribution in [0.2, 0.25) is 0 Å². The molecule has 1 aromatic carbocycles. The largest absolute Gasteiger partial charge is 0.394 e. The fourth-order valence-electron chi connectivity index (χ4n) is 2.77. The van der Waals surface area contributed by atoms with Crippen LogP contribution in [0, 0.1) is 10.1 Å². The summed E-state index contributed by atoms with van der Waals surface area (Å²) >= 11 is 0. The number of H-pyrrole nitrogens is 1. The second kappa shape index (κ2) is 6.80.